The first-order valence-electron chi connectivity index (χ1n) is 5.80. The van der Waals surface area contributed by atoms with Crippen LogP contribution >= 0.6 is 22.6 Å². The standard InChI is InChI=1S/C14H16INO2/c1-10(11-3-5-12(17-2)6-4-11)16-9-13-7-8-14(15)18-13/h3-8,10,16H,9H2,1-2H3. The molecule has 1 unspecified atom stereocenters. The van der Waals surface area contributed by atoms with Crippen molar-refractivity contribution in [3.63, 3.8) is 0 Å². The molecule has 18 heavy (non-hydrogen) atoms. The first-order chi connectivity index (χ1) is 8.69. The van der Waals surface area contributed by atoms with Gasteiger partial charge in [-0.2, -0.15) is 0 Å². The molecule has 96 valence electrons. The lowest BCUT2D eigenvalue weighted by atomic mass is 10.1. The van der Waals surface area contributed by atoms with Crippen LogP contribution in [0.2, 0.25) is 0 Å². The Morgan fingerprint density at radius 3 is 2.50 bits per heavy atom. The molecular formula is C14H16INO2. The Balaban J connectivity index is 1.92. The van der Waals surface area contributed by atoms with Crippen LogP contribution < -0.4 is 10.1 Å². The minimum Gasteiger partial charge on any atom is -0.497 e. The van der Waals surface area contributed by atoms with Gasteiger partial charge >= 0.3 is 0 Å². The summed E-state index contributed by atoms with van der Waals surface area (Å²) in [5.74, 6) is 1.84. The Bertz CT molecular complexity index is 493. The molecule has 0 amide bonds. The van der Waals surface area contributed by atoms with Crippen LogP contribution in [0.1, 0.15) is 24.3 Å². The predicted octanol–water partition coefficient (Wildman–Crippen LogP) is 3.74. The highest BCUT2D eigenvalue weighted by atomic mass is 127. The first-order valence-corrected chi connectivity index (χ1v) is 6.88. The second kappa shape index (κ2) is 6.24. The van der Waals surface area contributed by atoms with Gasteiger partial charge in [0.05, 0.1) is 13.7 Å². The topological polar surface area (TPSA) is 34.4 Å². The van der Waals surface area contributed by atoms with Gasteiger partial charge in [0, 0.05) is 6.04 Å². The van der Waals surface area contributed by atoms with Crippen molar-refractivity contribution in [3.8, 4) is 5.75 Å². The molecular weight excluding hydrogens is 341 g/mol. The second-order valence-corrected chi connectivity index (χ2v) is 5.14. The summed E-state index contributed by atoms with van der Waals surface area (Å²) < 4.78 is 11.6. The quantitative estimate of drug-likeness (QED) is 0.828. The third-order valence-corrected chi connectivity index (χ3v) is 3.41. The van der Waals surface area contributed by atoms with E-state index in [-0.39, 0.29) is 6.04 Å². The fraction of sp³-hybridized carbons (Fsp3) is 0.286. The molecule has 0 aliphatic carbocycles. The Morgan fingerprint density at radius 2 is 1.94 bits per heavy atom. The lowest BCUT2D eigenvalue weighted by Gasteiger charge is -2.13. The SMILES string of the molecule is COc1ccc(C(C)NCc2ccc(I)o2)cc1. The van der Waals surface area contributed by atoms with Crippen molar-refractivity contribution >= 4 is 22.6 Å². The zero-order chi connectivity index (χ0) is 13.0. The number of benzene rings is 1. The zero-order valence-corrected chi connectivity index (χ0v) is 12.6. The fourth-order valence-corrected chi connectivity index (χ4v) is 2.17. The van der Waals surface area contributed by atoms with E-state index in [4.69, 9.17) is 9.15 Å². The third-order valence-electron chi connectivity index (χ3n) is 2.83. The zero-order valence-electron chi connectivity index (χ0n) is 10.4. The average Bonchev–Trinajstić information content (AvgIpc) is 2.82. The molecule has 0 spiro atoms. The van der Waals surface area contributed by atoms with Crippen molar-refractivity contribution in [1.29, 1.82) is 0 Å². The highest BCUT2D eigenvalue weighted by Crippen LogP contribution is 2.18. The predicted molar refractivity (Wildman–Crippen MR) is 79.7 cm³/mol. The molecule has 1 atom stereocenters. The molecule has 2 rings (SSSR count). The van der Waals surface area contributed by atoms with E-state index < -0.39 is 0 Å². The van der Waals surface area contributed by atoms with E-state index in [1.807, 2.05) is 24.3 Å². The molecule has 4 heteroatoms. The maximum Gasteiger partial charge on any atom is 0.164 e. The normalized spacial score (nSPS) is 12.4. The van der Waals surface area contributed by atoms with Crippen molar-refractivity contribution in [2.45, 2.75) is 19.5 Å². The van der Waals surface area contributed by atoms with Crippen LogP contribution in [-0.4, -0.2) is 7.11 Å². The van der Waals surface area contributed by atoms with Crippen LogP contribution in [0, 0.1) is 3.77 Å². The maximum absolute atomic E-state index is 5.51. The van der Waals surface area contributed by atoms with E-state index >= 15 is 0 Å². The molecule has 2 aromatic rings. The van der Waals surface area contributed by atoms with E-state index in [1.54, 1.807) is 7.11 Å². The van der Waals surface area contributed by atoms with E-state index in [0.717, 1.165) is 21.8 Å². The minimum absolute atomic E-state index is 0.277. The molecule has 1 heterocycles. The van der Waals surface area contributed by atoms with Gasteiger partial charge in [0.1, 0.15) is 11.5 Å². The van der Waals surface area contributed by atoms with Crippen LogP contribution in [0.5, 0.6) is 5.75 Å². The largest absolute Gasteiger partial charge is 0.497 e. The number of hydrogen-bond donors (Lipinski definition) is 1. The molecule has 0 aliphatic heterocycles. The molecule has 1 aromatic carbocycles. The summed E-state index contributed by atoms with van der Waals surface area (Å²) in [7, 11) is 1.68. The van der Waals surface area contributed by atoms with Crippen molar-refractivity contribution < 1.29 is 9.15 Å². The summed E-state index contributed by atoms with van der Waals surface area (Å²) in [6.07, 6.45) is 0. The van der Waals surface area contributed by atoms with Gasteiger partial charge in [-0.1, -0.05) is 12.1 Å². The Kier molecular flexibility index (Phi) is 4.66. The van der Waals surface area contributed by atoms with Gasteiger partial charge in [0.15, 0.2) is 3.77 Å². The first kappa shape index (κ1) is 13.4. The lowest BCUT2D eigenvalue weighted by molar-refractivity contribution is 0.414. The highest BCUT2D eigenvalue weighted by Gasteiger charge is 2.06. The van der Waals surface area contributed by atoms with Crippen LogP contribution in [0.4, 0.5) is 0 Å². The number of methoxy groups -OCH3 is 1. The summed E-state index contributed by atoms with van der Waals surface area (Å²) in [4.78, 5) is 0. The molecule has 0 saturated heterocycles. The summed E-state index contributed by atoms with van der Waals surface area (Å²) in [6.45, 7) is 2.87. The van der Waals surface area contributed by atoms with Gasteiger partial charge in [-0.3, -0.25) is 0 Å². The number of hydrogen-bond acceptors (Lipinski definition) is 3. The molecule has 1 aromatic heterocycles. The molecule has 0 aliphatic rings. The van der Waals surface area contributed by atoms with Gasteiger partial charge in [-0.25, -0.2) is 0 Å². The van der Waals surface area contributed by atoms with E-state index in [0.29, 0.717) is 0 Å². The average molecular weight is 357 g/mol. The van der Waals surface area contributed by atoms with Crippen molar-refractivity contribution in [3.05, 3.63) is 51.5 Å². The van der Waals surface area contributed by atoms with E-state index in [1.165, 1.54) is 5.56 Å². The van der Waals surface area contributed by atoms with Gasteiger partial charge in [0.2, 0.25) is 0 Å². The Morgan fingerprint density at radius 1 is 1.22 bits per heavy atom. The number of ether oxygens (including phenoxy) is 1. The Labute approximate surface area is 121 Å². The summed E-state index contributed by atoms with van der Waals surface area (Å²) in [6, 6.07) is 12.3. The highest BCUT2D eigenvalue weighted by molar-refractivity contribution is 14.1. The fourth-order valence-electron chi connectivity index (χ4n) is 1.71. The molecule has 0 saturated carbocycles. The molecule has 3 nitrogen and oxygen atoms in total. The van der Waals surface area contributed by atoms with Crippen molar-refractivity contribution in [1.82, 2.24) is 5.32 Å². The molecule has 0 fully saturated rings. The van der Waals surface area contributed by atoms with Crippen molar-refractivity contribution in [2.24, 2.45) is 0 Å². The van der Waals surface area contributed by atoms with Crippen LogP contribution in [-0.2, 0) is 6.54 Å². The number of halogens is 1. The van der Waals surface area contributed by atoms with Gasteiger partial charge in [-0.05, 0) is 59.3 Å². The molecule has 0 radical (unpaired) electrons. The summed E-state index contributed by atoms with van der Waals surface area (Å²) >= 11 is 2.17. The summed E-state index contributed by atoms with van der Waals surface area (Å²) in [5, 5.41) is 3.43. The smallest absolute Gasteiger partial charge is 0.164 e. The number of furan rings is 1. The van der Waals surface area contributed by atoms with Crippen LogP contribution in [0.15, 0.2) is 40.8 Å². The van der Waals surface area contributed by atoms with Crippen LogP contribution in [0.3, 0.4) is 0 Å². The monoisotopic (exact) mass is 357 g/mol. The summed E-state index contributed by atoms with van der Waals surface area (Å²) in [5.41, 5.74) is 1.23. The van der Waals surface area contributed by atoms with Gasteiger partial charge in [0.25, 0.3) is 0 Å². The molecule has 0 bridgehead atoms. The van der Waals surface area contributed by atoms with Gasteiger partial charge in [-0.15, -0.1) is 0 Å². The lowest BCUT2D eigenvalue weighted by Crippen LogP contribution is -2.17. The maximum atomic E-state index is 5.51. The third kappa shape index (κ3) is 3.49. The van der Waals surface area contributed by atoms with Gasteiger partial charge < -0.3 is 14.5 Å². The number of rotatable bonds is 5. The van der Waals surface area contributed by atoms with E-state index in [2.05, 4.69) is 47.0 Å². The Hall–Kier alpha value is -1.01. The minimum atomic E-state index is 0.277. The van der Waals surface area contributed by atoms with E-state index in [9.17, 15) is 0 Å². The van der Waals surface area contributed by atoms with Crippen molar-refractivity contribution in [2.75, 3.05) is 7.11 Å². The molecule has 1 N–H and O–H groups in total. The number of nitrogens with one attached hydrogen (secondary N) is 1. The second-order valence-electron chi connectivity index (χ2n) is 4.08. The van der Waals surface area contributed by atoms with Crippen LogP contribution in [0.25, 0.3) is 0 Å².